The Morgan fingerprint density at radius 3 is 2.67 bits per heavy atom. The Balaban J connectivity index is 2.02. The molecule has 0 unspecified atom stereocenters. The van der Waals surface area contributed by atoms with Gasteiger partial charge in [-0.05, 0) is 29.8 Å². The van der Waals surface area contributed by atoms with Crippen molar-refractivity contribution in [2.75, 3.05) is 6.54 Å². The molecule has 0 saturated heterocycles. The van der Waals surface area contributed by atoms with Crippen LogP contribution in [0.2, 0.25) is 5.02 Å². The number of hydrogen-bond donors (Lipinski definition) is 1. The molecule has 3 aromatic rings. The number of nitrogens with one attached hydrogen (secondary N) is 1. The minimum Gasteiger partial charge on any atom is -0.343 e. The molecule has 2 nitrogen and oxygen atoms in total. The van der Waals surface area contributed by atoms with Crippen molar-refractivity contribution in [3.05, 3.63) is 70.9 Å². The van der Waals surface area contributed by atoms with Crippen molar-refractivity contribution in [3.8, 4) is 0 Å². The lowest BCUT2D eigenvalue weighted by atomic mass is 10.2. The fourth-order valence-electron chi connectivity index (χ4n) is 2.65. The van der Waals surface area contributed by atoms with Crippen LogP contribution in [0.5, 0.6) is 0 Å². The van der Waals surface area contributed by atoms with Crippen LogP contribution in [0.4, 0.5) is 0 Å². The number of nitrogens with zero attached hydrogens (tertiary/aromatic N) is 1. The predicted molar refractivity (Wildman–Crippen MR) is 89.9 cm³/mol. The molecule has 3 rings (SSSR count). The van der Waals surface area contributed by atoms with Gasteiger partial charge in [0.2, 0.25) is 0 Å². The third-order valence-corrected chi connectivity index (χ3v) is 3.92. The molecule has 108 valence electrons. The van der Waals surface area contributed by atoms with E-state index in [0.29, 0.717) is 0 Å². The van der Waals surface area contributed by atoms with Crippen molar-refractivity contribution >= 4 is 22.5 Å². The summed E-state index contributed by atoms with van der Waals surface area (Å²) in [7, 11) is 0. The summed E-state index contributed by atoms with van der Waals surface area (Å²) in [6.07, 6.45) is 2.23. The molecule has 2 aromatic carbocycles. The first-order valence-corrected chi connectivity index (χ1v) is 7.67. The highest BCUT2D eigenvalue weighted by atomic mass is 35.5. The lowest BCUT2D eigenvalue weighted by Gasteiger charge is -2.05. The van der Waals surface area contributed by atoms with Crippen LogP contribution in [0.25, 0.3) is 10.9 Å². The molecule has 0 radical (unpaired) electrons. The molecule has 0 saturated carbocycles. The number of halogens is 1. The summed E-state index contributed by atoms with van der Waals surface area (Å²) in [4.78, 5) is 0. The van der Waals surface area contributed by atoms with Gasteiger partial charge in [-0.25, -0.2) is 0 Å². The Morgan fingerprint density at radius 2 is 1.90 bits per heavy atom. The van der Waals surface area contributed by atoms with Crippen LogP contribution in [0, 0.1) is 0 Å². The lowest BCUT2D eigenvalue weighted by molar-refractivity contribution is 0.724. The zero-order valence-corrected chi connectivity index (χ0v) is 12.9. The van der Waals surface area contributed by atoms with Gasteiger partial charge in [-0.3, -0.25) is 0 Å². The molecule has 0 aliphatic rings. The maximum Gasteiger partial charge on any atom is 0.0501 e. The van der Waals surface area contributed by atoms with Crippen LogP contribution in [0.15, 0.2) is 54.7 Å². The summed E-state index contributed by atoms with van der Waals surface area (Å²) in [6.45, 7) is 4.85. The maximum absolute atomic E-state index is 6.18. The van der Waals surface area contributed by atoms with Crippen molar-refractivity contribution in [1.82, 2.24) is 9.88 Å². The highest BCUT2D eigenvalue weighted by molar-refractivity contribution is 6.31. The first-order chi connectivity index (χ1) is 10.3. The fourth-order valence-corrected chi connectivity index (χ4v) is 2.82. The normalized spacial score (nSPS) is 11.1. The summed E-state index contributed by atoms with van der Waals surface area (Å²) in [5, 5.41) is 5.46. The van der Waals surface area contributed by atoms with Crippen LogP contribution in [0.3, 0.4) is 0 Å². The van der Waals surface area contributed by atoms with Gasteiger partial charge in [-0.15, -0.1) is 0 Å². The minimum absolute atomic E-state index is 0.782. The van der Waals surface area contributed by atoms with Crippen molar-refractivity contribution in [1.29, 1.82) is 0 Å². The molecule has 0 bridgehead atoms. The monoisotopic (exact) mass is 298 g/mol. The number of aromatic nitrogens is 1. The summed E-state index contributed by atoms with van der Waals surface area (Å²) in [5.74, 6) is 0. The molecule has 0 aliphatic heterocycles. The first kappa shape index (κ1) is 14.2. The van der Waals surface area contributed by atoms with E-state index in [0.717, 1.165) is 24.7 Å². The molecule has 0 aliphatic carbocycles. The van der Waals surface area contributed by atoms with Gasteiger partial charge in [0, 0.05) is 29.7 Å². The summed E-state index contributed by atoms with van der Waals surface area (Å²) in [6, 6.07) is 16.6. The smallest absolute Gasteiger partial charge is 0.0501 e. The SMILES string of the molecule is CCNCc1cn(Cc2ccccc2)c2cc(Cl)ccc12. The molecule has 1 heterocycles. The second-order valence-corrected chi connectivity index (χ2v) is 5.65. The Kier molecular flexibility index (Phi) is 4.28. The molecule has 21 heavy (non-hydrogen) atoms. The van der Waals surface area contributed by atoms with Gasteiger partial charge in [0.05, 0.1) is 5.52 Å². The molecule has 1 N–H and O–H groups in total. The average Bonchev–Trinajstić information content (AvgIpc) is 2.83. The van der Waals surface area contributed by atoms with E-state index < -0.39 is 0 Å². The molecule has 3 heteroatoms. The van der Waals surface area contributed by atoms with Crippen LogP contribution >= 0.6 is 11.6 Å². The number of benzene rings is 2. The van der Waals surface area contributed by atoms with E-state index in [1.54, 1.807) is 0 Å². The number of hydrogen-bond acceptors (Lipinski definition) is 1. The van der Waals surface area contributed by atoms with Gasteiger partial charge in [-0.1, -0.05) is 54.9 Å². The van der Waals surface area contributed by atoms with Gasteiger partial charge in [-0.2, -0.15) is 0 Å². The Labute approximate surface area is 130 Å². The summed E-state index contributed by atoms with van der Waals surface area (Å²) >= 11 is 6.18. The molecule has 1 aromatic heterocycles. The summed E-state index contributed by atoms with van der Waals surface area (Å²) in [5.41, 5.74) is 3.81. The predicted octanol–water partition coefficient (Wildman–Crippen LogP) is 4.45. The maximum atomic E-state index is 6.18. The Bertz CT molecular complexity index is 732. The van der Waals surface area contributed by atoms with Crippen LogP contribution in [-0.2, 0) is 13.1 Å². The molecular weight excluding hydrogens is 280 g/mol. The van der Waals surface area contributed by atoms with Crippen molar-refractivity contribution in [3.63, 3.8) is 0 Å². The van der Waals surface area contributed by atoms with Crippen LogP contribution in [0.1, 0.15) is 18.1 Å². The Hall–Kier alpha value is -1.77. The average molecular weight is 299 g/mol. The topological polar surface area (TPSA) is 17.0 Å². The third-order valence-electron chi connectivity index (χ3n) is 3.69. The zero-order chi connectivity index (χ0) is 14.7. The molecule has 0 fully saturated rings. The first-order valence-electron chi connectivity index (χ1n) is 7.30. The summed E-state index contributed by atoms with van der Waals surface area (Å²) < 4.78 is 2.28. The van der Waals surface area contributed by atoms with E-state index >= 15 is 0 Å². The molecule has 0 atom stereocenters. The molecule has 0 spiro atoms. The third kappa shape index (κ3) is 3.12. The lowest BCUT2D eigenvalue weighted by Crippen LogP contribution is -2.11. The largest absolute Gasteiger partial charge is 0.343 e. The minimum atomic E-state index is 0.782. The zero-order valence-electron chi connectivity index (χ0n) is 12.1. The van der Waals surface area contributed by atoms with Gasteiger partial charge >= 0.3 is 0 Å². The van der Waals surface area contributed by atoms with E-state index in [2.05, 4.69) is 59.4 Å². The second-order valence-electron chi connectivity index (χ2n) is 5.21. The highest BCUT2D eigenvalue weighted by Gasteiger charge is 2.09. The van der Waals surface area contributed by atoms with Crippen molar-refractivity contribution in [2.45, 2.75) is 20.0 Å². The van der Waals surface area contributed by atoms with Gasteiger partial charge < -0.3 is 9.88 Å². The highest BCUT2D eigenvalue weighted by Crippen LogP contribution is 2.25. The van der Waals surface area contributed by atoms with E-state index in [9.17, 15) is 0 Å². The van der Waals surface area contributed by atoms with Gasteiger partial charge in [0.15, 0.2) is 0 Å². The van der Waals surface area contributed by atoms with Crippen LogP contribution < -0.4 is 5.32 Å². The quantitative estimate of drug-likeness (QED) is 0.736. The van der Waals surface area contributed by atoms with Gasteiger partial charge in [0.1, 0.15) is 0 Å². The van der Waals surface area contributed by atoms with Crippen molar-refractivity contribution in [2.24, 2.45) is 0 Å². The fraction of sp³-hybridized carbons (Fsp3) is 0.222. The molecular formula is C18H19ClN2. The van der Waals surface area contributed by atoms with E-state index in [1.807, 2.05) is 12.1 Å². The van der Waals surface area contributed by atoms with Gasteiger partial charge in [0.25, 0.3) is 0 Å². The van der Waals surface area contributed by atoms with E-state index in [4.69, 9.17) is 11.6 Å². The number of fused-ring (bicyclic) bond motifs is 1. The van der Waals surface area contributed by atoms with E-state index in [1.165, 1.54) is 22.0 Å². The standard InChI is InChI=1S/C18H19ClN2/c1-2-20-11-15-13-21(12-14-6-4-3-5-7-14)18-10-16(19)8-9-17(15)18/h3-10,13,20H,2,11-12H2,1H3. The Morgan fingerprint density at radius 1 is 1.10 bits per heavy atom. The molecule has 0 amide bonds. The number of rotatable bonds is 5. The van der Waals surface area contributed by atoms with E-state index in [-0.39, 0.29) is 0 Å². The second kappa shape index (κ2) is 6.33. The van der Waals surface area contributed by atoms with Crippen molar-refractivity contribution < 1.29 is 0 Å². The van der Waals surface area contributed by atoms with Crippen LogP contribution in [-0.4, -0.2) is 11.1 Å².